The van der Waals surface area contributed by atoms with Crippen LogP contribution in [0.15, 0.2) is 23.1 Å². The molecule has 1 aromatic carbocycles. The molecule has 2 rings (SSSR count). The van der Waals surface area contributed by atoms with Gasteiger partial charge in [-0.15, -0.1) is 12.4 Å². The molecule has 1 aromatic rings. The first-order valence-corrected chi connectivity index (χ1v) is 8.40. The molecule has 1 saturated heterocycles. The number of nitrogens with one attached hydrogen (secondary N) is 1. The Morgan fingerprint density at radius 3 is 2.73 bits per heavy atom. The van der Waals surface area contributed by atoms with Gasteiger partial charge in [0.25, 0.3) is 0 Å². The lowest BCUT2D eigenvalue weighted by Gasteiger charge is -2.23. The minimum Gasteiger partial charge on any atom is -0.329 e. The number of nitrogens with zero attached hydrogens (tertiary/aromatic N) is 1. The van der Waals surface area contributed by atoms with Crippen molar-refractivity contribution in [2.24, 2.45) is 5.73 Å². The number of sulfonamides is 1. The van der Waals surface area contributed by atoms with Gasteiger partial charge in [-0.3, -0.25) is 4.79 Å². The molecule has 1 fully saturated rings. The number of hydrogen-bond donors (Lipinski definition) is 2. The van der Waals surface area contributed by atoms with E-state index in [1.165, 1.54) is 17.3 Å². The number of carbonyl (C=O) groups excluding carboxylic acids is 1. The van der Waals surface area contributed by atoms with Gasteiger partial charge in [0.15, 0.2) is 0 Å². The fraction of sp³-hybridized carbons (Fsp3) is 0.500. The maximum atomic E-state index is 12.7. The van der Waals surface area contributed by atoms with Gasteiger partial charge in [-0.25, -0.2) is 8.42 Å². The van der Waals surface area contributed by atoms with Crippen LogP contribution in [0, 0.1) is 6.92 Å². The molecule has 0 spiro atoms. The highest BCUT2D eigenvalue weighted by Crippen LogP contribution is 2.28. The third-order valence-electron chi connectivity index (χ3n) is 3.72. The molecule has 1 amide bonds. The largest absolute Gasteiger partial charge is 0.329 e. The number of carbonyl (C=O) groups is 1. The van der Waals surface area contributed by atoms with E-state index in [4.69, 9.17) is 5.73 Å². The second-order valence-corrected chi connectivity index (χ2v) is 7.20. The topological polar surface area (TPSA) is 92.5 Å². The van der Waals surface area contributed by atoms with Gasteiger partial charge >= 0.3 is 0 Å². The van der Waals surface area contributed by atoms with E-state index < -0.39 is 10.0 Å². The Bertz CT molecular complexity index is 649. The van der Waals surface area contributed by atoms with Gasteiger partial charge < -0.3 is 11.1 Å². The average molecular weight is 348 g/mol. The van der Waals surface area contributed by atoms with Crippen molar-refractivity contribution < 1.29 is 13.2 Å². The number of nitrogens with two attached hydrogens (primary N) is 1. The molecule has 1 heterocycles. The van der Waals surface area contributed by atoms with Crippen molar-refractivity contribution in [2.75, 3.05) is 18.4 Å². The van der Waals surface area contributed by atoms with E-state index in [0.29, 0.717) is 18.8 Å². The summed E-state index contributed by atoms with van der Waals surface area (Å²) in [4.78, 5) is 11.4. The second-order valence-electron chi connectivity index (χ2n) is 5.31. The standard InChI is InChI=1S/C14H21N3O3S.ClH/c1-10-5-6-13(8-14(10)16-11(2)18)21(19,20)17-7-3-4-12(17)9-15;/h5-6,8,12H,3-4,7,9,15H2,1-2H3,(H,16,18);1H. The number of anilines is 1. The molecule has 1 atom stereocenters. The Balaban J connectivity index is 0.00000242. The van der Waals surface area contributed by atoms with Crippen LogP contribution in [0.1, 0.15) is 25.3 Å². The first-order chi connectivity index (χ1) is 9.86. The lowest BCUT2D eigenvalue weighted by Crippen LogP contribution is -2.39. The molecule has 3 N–H and O–H groups in total. The predicted molar refractivity (Wildman–Crippen MR) is 88.7 cm³/mol. The summed E-state index contributed by atoms with van der Waals surface area (Å²) in [6.07, 6.45) is 1.62. The highest BCUT2D eigenvalue weighted by atomic mass is 35.5. The highest BCUT2D eigenvalue weighted by molar-refractivity contribution is 7.89. The highest BCUT2D eigenvalue weighted by Gasteiger charge is 2.34. The van der Waals surface area contributed by atoms with Gasteiger partial charge in [0.2, 0.25) is 15.9 Å². The lowest BCUT2D eigenvalue weighted by atomic mass is 10.2. The van der Waals surface area contributed by atoms with Gasteiger partial charge in [-0.2, -0.15) is 4.31 Å². The molecule has 1 aliphatic rings. The molecule has 0 bridgehead atoms. The van der Waals surface area contributed by atoms with Crippen LogP contribution in [-0.2, 0) is 14.8 Å². The Hall–Kier alpha value is -1.15. The smallest absolute Gasteiger partial charge is 0.243 e. The fourth-order valence-electron chi connectivity index (χ4n) is 2.58. The summed E-state index contributed by atoms with van der Waals surface area (Å²) >= 11 is 0. The number of amides is 1. The van der Waals surface area contributed by atoms with Crippen LogP contribution in [0.25, 0.3) is 0 Å². The molecule has 8 heteroatoms. The fourth-order valence-corrected chi connectivity index (χ4v) is 4.31. The van der Waals surface area contributed by atoms with Crippen LogP contribution < -0.4 is 11.1 Å². The van der Waals surface area contributed by atoms with Crippen LogP contribution in [0.2, 0.25) is 0 Å². The summed E-state index contributed by atoms with van der Waals surface area (Å²) in [6, 6.07) is 4.64. The molecule has 22 heavy (non-hydrogen) atoms. The van der Waals surface area contributed by atoms with E-state index >= 15 is 0 Å². The molecule has 1 unspecified atom stereocenters. The molecule has 6 nitrogen and oxygen atoms in total. The summed E-state index contributed by atoms with van der Waals surface area (Å²) in [5, 5.41) is 2.65. The van der Waals surface area contributed by atoms with E-state index in [0.717, 1.165) is 18.4 Å². The average Bonchev–Trinajstić information content (AvgIpc) is 2.89. The molecular formula is C14H22ClN3O3S. The maximum absolute atomic E-state index is 12.7. The third kappa shape index (κ3) is 3.78. The number of benzene rings is 1. The second kappa shape index (κ2) is 7.41. The van der Waals surface area contributed by atoms with Crippen molar-refractivity contribution in [1.82, 2.24) is 4.31 Å². The van der Waals surface area contributed by atoms with E-state index in [9.17, 15) is 13.2 Å². The van der Waals surface area contributed by atoms with Crippen molar-refractivity contribution in [3.63, 3.8) is 0 Å². The van der Waals surface area contributed by atoms with Gasteiger partial charge in [-0.1, -0.05) is 6.07 Å². The Kier molecular flexibility index (Phi) is 6.37. The predicted octanol–water partition coefficient (Wildman–Crippen LogP) is 1.49. The number of rotatable bonds is 4. The molecule has 1 aliphatic heterocycles. The first-order valence-electron chi connectivity index (χ1n) is 6.96. The number of hydrogen-bond acceptors (Lipinski definition) is 4. The van der Waals surface area contributed by atoms with Crippen molar-refractivity contribution >= 4 is 34.0 Å². The van der Waals surface area contributed by atoms with Crippen molar-refractivity contribution in [3.05, 3.63) is 23.8 Å². The van der Waals surface area contributed by atoms with Gasteiger partial charge in [0.05, 0.1) is 4.90 Å². The monoisotopic (exact) mass is 347 g/mol. The van der Waals surface area contributed by atoms with Crippen LogP contribution in [0.4, 0.5) is 5.69 Å². The summed E-state index contributed by atoms with van der Waals surface area (Å²) in [6.45, 7) is 4.03. The van der Waals surface area contributed by atoms with Crippen LogP contribution in [0.5, 0.6) is 0 Å². The number of aryl methyl sites for hydroxylation is 1. The first kappa shape index (κ1) is 18.9. The molecule has 0 aliphatic carbocycles. The quantitative estimate of drug-likeness (QED) is 0.863. The van der Waals surface area contributed by atoms with E-state index in [1.54, 1.807) is 12.1 Å². The summed E-state index contributed by atoms with van der Waals surface area (Å²) in [5.74, 6) is -0.228. The minimum atomic E-state index is -3.57. The van der Waals surface area contributed by atoms with Gasteiger partial charge in [0, 0.05) is 31.7 Å². The lowest BCUT2D eigenvalue weighted by molar-refractivity contribution is -0.114. The van der Waals surface area contributed by atoms with Crippen LogP contribution in [-0.4, -0.2) is 37.8 Å². The Morgan fingerprint density at radius 2 is 2.14 bits per heavy atom. The molecule has 0 radical (unpaired) electrons. The van der Waals surface area contributed by atoms with Gasteiger partial charge in [-0.05, 0) is 37.5 Å². The Morgan fingerprint density at radius 1 is 1.45 bits per heavy atom. The van der Waals surface area contributed by atoms with E-state index in [-0.39, 0.29) is 29.3 Å². The van der Waals surface area contributed by atoms with Crippen molar-refractivity contribution in [2.45, 2.75) is 37.6 Å². The molecule has 0 aromatic heterocycles. The zero-order chi connectivity index (χ0) is 15.6. The van der Waals surface area contributed by atoms with Crippen molar-refractivity contribution in [3.8, 4) is 0 Å². The van der Waals surface area contributed by atoms with Gasteiger partial charge in [0.1, 0.15) is 0 Å². The third-order valence-corrected chi connectivity index (χ3v) is 5.67. The molecular weight excluding hydrogens is 326 g/mol. The normalized spacial score (nSPS) is 18.8. The minimum absolute atomic E-state index is 0. The number of halogens is 1. The molecule has 124 valence electrons. The van der Waals surface area contributed by atoms with E-state index in [2.05, 4.69) is 5.32 Å². The van der Waals surface area contributed by atoms with E-state index in [1.807, 2.05) is 6.92 Å². The summed E-state index contributed by atoms with van der Waals surface area (Å²) in [7, 11) is -3.57. The van der Waals surface area contributed by atoms with Crippen LogP contribution >= 0.6 is 12.4 Å². The maximum Gasteiger partial charge on any atom is 0.243 e. The summed E-state index contributed by atoms with van der Waals surface area (Å²) < 4.78 is 26.9. The Labute approximate surface area is 137 Å². The zero-order valence-corrected chi connectivity index (χ0v) is 14.3. The molecule has 0 saturated carbocycles. The summed E-state index contributed by atoms with van der Waals surface area (Å²) in [5.41, 5.74) is 7.00. The van der Waals surface area contributed by atoms with Crippen molar-refractivity contribution in [1.29, 1.82) is 0 Å². The van der Waals surface area contributed by atoms with Crippen LogP contribution in [0.3, 0.4) is 0 Å². The SMILES string of the molecule is CC(=O)Nc1cc(S(=O)(=O)N2CCCC2CN)ccc1C.Cl. The zero-order valence-electron chi connectivity index (χ0n) is 12.7.